The number of benzene rings is 1. The molecule has 0 aliphatic carbocycles. The van der Waals surface area contributed by atoms with Crippen LogP contribution in [0.25, 0.3) is 0 Å². The normalized spacial score (nSPS) is 14.4. The number of aliphatic carboxylic acids is 2. The van der Waals surface area contributed by atoms with Gasteiger partial charge >= 0.3 is 24.3 Å². The molecule has 0 unspecified atom stereocenters. The first kappa shape index (κ1) is 23.5. The lowest BCUT2D eigenvalue weighted by molar-refractivity contribution is -0.162. The van der Waals surface area contributed by atoms with Crippen LogP contribution in [0.4, 0.5) is 32.0 Å². The summed E-state index contributed by atoms with van der Waals surface area (Å²) in [7, 11) is 0. The summed E-state index contributed by atoms with van der Waals surface area (Å²) in [6, 6.07) is -0.368. The molecule has 0 radical (unpaired) electrons. The van der Waals surface area contributed by atoms with Gasteiger partial charge in [-0.05, 0) is 31.5 Å². The number of carbonyl (C=O) groups is 2. The van der Waals surface area contributed by atoms with Crippen LogP contribution >= 0.6 is 0 Å². The van der Waals surface area contributed by atoms with Crippen molar-refractivity contribution in [1.29, 1.82) is 0 Å². The first-order chi connectivity index (χ1) is 12.7. The predicted molar refractivity (Wildman–Crippen MR) is 85.8 cm³/mol. The molecule has 1 rings (SSSR count). The number of alkyl halides is 6. The molecule has 0 bridgehead atoms. The van der Waals surface area contributed by atoms with Gasteiger partial charge in [0.25, 0.3) is 0 Å². The van der Waals surface area contributed by atoms with Gasteiger partial charge < -0.3 is 20.8 Å². The minimum atomic E-state index is -5.21. The number of rotatable bonds is 9. The molecule has 0 fully saturated rings. The molecule has 0 heterocycles. The second-order valence-electron chi connectivity index (χ2n) is 6.03. The van der Waals surface area contributed by atoms with Crippen LogP contribution in [0.1, 0.15) is 30.9 Å². The molecule has 0 saturated heterocycles. The monoisotopic (exact) mass is 416 g/mol. The molecule has 0 aromatic heterocycles. The Bertz CT molecular complexity index is 705. The number of hydrogen-bond acceptors (Lipinski definition) is 4. The summed E-state index contributed by atoms with van der Waals surface area (Å²) in [5, 5.41) is 22.7. The Kier molecular flexibility index (Phi) is 7.67. The molecule has 0 amide bonds. The van der Waals surface area contributed by atoms with Crippen molar-refractivity contribution in [2.75, 3.05) is 11.9 Å². The summed E-state index contributed by atoms with van der Waals surface area (Å²) in [6.45, 7) is 1.38. The SMILES string of the molecule is C[C@H](CN[C@@H](CCC(=O)O)C(=O)O)Nc1ccc(C(F)(F)F)c(C(F)(F)F)c1. The molecule has 2 atom stereocenters. The summed E-state index contributed by atoms with van der Waals surface area (Å²) in [4.78, 5) is 21.6. The molecule has 0 spiro atoms. The Balaban J connectivity index is 2.84. The molecule has 0 aliphatic rings. The third kappa shape index (κ3) is 7.25. The first-order valence-electron chi connectivity index (χ1n) is 7.94. The van der Waals surface area contributed by atoms with Crippen molar-refractivity contribution in [2.45, 2.75) is 44.2 Å². The van der Waals surface area contributed by atoms with Crippen molar-refractivity contribution < 1.29 is 46.1 Å². The largest absolute Gasteiger partial charge is 0.481 e. The highest BCUT2D eigenvalue weighted by molar-refractivity contribution is 5.75. The Hall–Kier alpha value is -2.50. The lowest BCUT2D eigenvalue weighted by Gasteiger charge is -2.21. The zero-order valence-electron chi connectivity index (χ0n) is 14.5. The molecular formula is C16H18F6N2O4. The Labute approximate surface area is 155 Å². The summed E-state index contributed by atoms with van der Waals surface area (Å²) in [5.74, 6) is -2.49. The van der Waals surface area contributed by atoms with Crippen LogP contribution in [0.15, 0.2) is 18.2 Å². The van der Waals surface area contributed by atoms with Crippen molar-refractivity contribution >= 4 is 17.6 Å². The second-order valence-corrected chi connectivity index (χ2v) is 6.03. The third-order valence-electron chi connectivity index (χ3n) is 3.66. The average molecular weight is 416 g/mol. The quantitative estimate of drug-likeness (QED) is 0.461. The van der Waals surface area contributed by atoms with E-state index in [1.165, 1.54) is 6.92 Å². The standard InChI is InChI=1S/C16H18F6N2O4/c1-8(7-23-12(14(27)28)4-5-13(25)26)24-9-2-3-10(15(17,18)19)11(6-9)16(20,21)22/h2-3,6,8,12,23-24H,4-5,7H2,1H3,(H,25,26)(H,27,28)/t8-,12+/m1/s1. The summed E-state index contributed by atoms with van der Waals surface area (Å²) in [5.41, 5.74) is -3.88. The maximum absolute atomic E-state index is 12.9. The number of halogens is 6. The fourth-order valence-corrected chi connectivity index (χ4v) is 2.35. The molecule has 1 aromatic carbocycles. The van der Waals surface area contributed by atoms with E-state index >= 15 is 0 Å². The maximum atomic E-state index is 12.9. The molecule has 0 aliphatic heterocycles. The zero-order valence-corrected chi connectivity index (χ0v) is 14.5. The van der Waals surface area contributed by atoms with E-state index in [0.29, 0.717) is 12.1 Å². The van der Waals surface area contributed by atoms with E-state index in [2.05, 4.69) is 10.6 Å². The van der Waals surface area contributed by atoms with Crippen LogP contribution in [-0.4, -0.2) is 40.8 Å². The summed E-state index contributed by atoms with van der Waals surface area (Å²) >= 11 is 0. The predicted octanol–water partition coefficient (Wildman–Crippen LogP) is 3.43. The highest BCUT2D eigenvalue weighted by atomic mass is 19.4. The molecule has 1 aromatic rings. The van der Waals surface area contributed by atoms with Crippen LogP contribution < -0.4 is 10.6 Å². The molecule has 158 valence electrons. The van der Waals surface area contributed by atoms with Gasteiger partial charge in [0.2, 0.25) is 0 Å². The lowest BCUT2D eigenvalue weighted by Crippen LogP contribution is -2.42. The summed E-state index contributed by atoms with van der Waals surface area (Å²) < 4.78 is 77.1. The van der Waals surface area contributed by atoms with Crippen LogP contribution in [0, 0.1) is 0 Å². The van der Waals surface area contributed by atoms with Crippen LogP contribution in [-0.2, 0) is 21.9 Å². The Morgan fingerprint density at radius 1 is 1.04 bits per heavy atom. The van der Waals surface area contributed by atoms with Crippen molar-refractivity contribution in [2.24, 2.45) is 0 Å². The molecule has 0 saturated carbocycles. The maximum Gasteiger partial charge on any atom is 0.417 e. The van der Waals surface area contributed by atoms with Crippen LogP contribution in [0.5, 0.6) is 0 Å². The number of nitrogens with one attached hydrogen (secondary N) is 2. The van der Waals surface area contributed by atoms with Gasteiger partial charge in [-0.3, -0.25) is 9.59 Å². The van der Waals surface area contributed by atoms with Gasteiger partial charge in [0.15, 0.2) is 0 Å². The van der Waals surface area contributed by atoms with E-state index in [4.69, 9.17) is 10.2 Å². The number of carboxylic acid groups (broad SMARTS) is 2. The van der Waals surface area contributed by atoms with E-state index in [1.807, 2.05) is 0 Å². The fourth-order valence-electron chi connectivity index (χ4n) is 2.35. The lowest BCUT2D eigenvalue weighted by atomic mass is 10.1. The average Bonchev–Trinajstić information content (AvgIpc) is 2.52. The Morgan fingerprint density at radius 2 is 1.61 bits per heavy atom. The fraction of sp³-hybridized carbons (Fsp3) is 0.500. The number of carboxylic acids is 2. The second kappa shape index (κ2) is 9.13. The molecular weight excluding hydrogens is 398 g/mol. The van der Waals surface area contributed by atoms with Crippen LogP contribution in [0.2, 0.25) is 0 Å². The van der Waals surface area contributed by atoms with E-state index in [1.54, 1.807) is 0 Å². The van der Waals surface area contributed by atoms with Gasteiger partial charge in [-0.2, -0.15) is 26.3 Å². The number of anilines is 1. The van der Waals surface area contributed by atoms with Gasteiger partial charge in [-0.1, -0.05) is 0 Å². The third-order valence-corrected chi connectivity index (χ3v) is 3.66. The van der Waals surface area contributed by atoms with Crippen molar-refractivity contribution in [3.8, 4) is 0 Å². The van der Waals surface area contributed by atoms with Gasteiger partial charge in [-0.15, -0.1) is 0 Å². The molecule has 28 heavy (non-hydrogen) atoms. The van der Waals surface area contributed by atoms with Crippen molar-refractivity contribution in [3.63, 3.8) is 0 Å². The van der Waals surface area contributed by atoms with Crippen LogP contribution in [0.3, 0.4) is 0 Å². The van der Waals surface area contributed by atoms with E-state index in [0.717, 1.165) is 6.07 Å². The highest BCUT2D eigenvalue weighted by Crippen LogP contribution is 2.41. The van der Waals surface area contributed by atoms with Crippen molar-refractivity contribution in [3.05, 3.63) is 29.3 Å². The van der Waals surface area contributed by atoms with Gasteiger partial charge in [0, 0.05) is 24.7 Å². The minimum absolute atomic E-state index is 0.0844. The molecule has 6 nitrogen and oxygen atoms in total. The van der Waals surface area contributed by atoms with E-state index in [-0.39, 0.29) is 18.7 Å². The Morgan fingerprint density at radius 3 is 2.07 bits per heavy atom. The van der Waals surface area contributed by atoms with E-state index < -0.39 is 53.9 Å². The zero-order chi connectivity index (χ0) is 21.7. The number of hydrogen-bond donors (Lipinski definition) is 4. The van der Waals surface area contributed by atoms with Gasteiger partial charge in [-0.25, -0.2) is 0 Å². The topological polar surface area (TPSA) is 98.7 Å². The van der Waals surface area contributed by atoms with Gasteiger partial charge in [0.05, 0.1) is 11.1 Å². The molecule has 4 N–H and O–H groups in total. The molecule has 12 heteroatoms. The van der Waals surface area contributed by atoms with E-state index in [9.17, 15) is 35.9 Å². The smallest absolute Gasteiger partial charge is 0.417 e. The first-order valence-corrected chi connectivity index (χ1v) is 7.94. The minimum Gasteiger partial charge on any atom is -0.481 e. The highest BCUT2D eigenvalue weighted by Gasteiger charge is 2.43. The summed E-state index contributed by atoms with van der Waals surface area (Å²) in [6.07, 6.45) is -11.0. The van der Waals surface area contributed by atoms with Crippen molar-refractivity contribution in [1.82, 2.24) is 5.32 Å². The van der Waals surface area contributed by atoms with Gasteiger partial charge in [0.1, 0.15) is 6.04 Å².